The van der Waals surface area contributed by atoms with Gasteiger partial charge in [-0.15, -0.1) is 0 Å². The molecule has 0 aliphatic rings. The summed E-state index contributed by atoms with van der Waals surface area (Å²) in [5.74, 6) is 0. The summed E-state index contributed by atoms with van der Waals surface area (Å²) in [6.45, 7) is 1.90. The largest absolute Gasteiger partial charge is 0.294 e. The van der Waals surface area contributed by atoms with Crippen molar-refractivity contribution in [2.45, 2.75) is 11.8 Å². The molecular weight excluding hydrogens is 418 g/mol. The van der Waals surface area contributed by atoms with Crippen molar-refractivity contribution < 1.29 is 13.0 Å². The highest BCUT2D eigenvalue weighted by Crippen LogP contribution is 2.22. The van der Waals surface area contributed by atoms with Crippen LogP contribution in [0.15, 0.2) is 17.0 Å². The van der Waals surface area contributed by atoms with Gasteiger partial charge in [-0.25, -0.2) is 0 Å². The topological polar surface area (TPSA) is 54.4 Å². The minimum Gasteiger partial charge on any atom is -0.282 e. The van der Waals surface area contributed by atoms with Gasteiger partial charge < -0.3 is 0 Å². The molecule has 6 heteroatoms. The number of rotatable bonds is 1. The monoisotopic (exact) mass is 424 g/mol. The van der Waals surface area contributed by atoms with Gasteiger partial charge in [-0.3, -0.25) is 4.55 Å². The Morgan fingerprint density at radius 2 is 1.62 bits per heavy atom. The molecule has 3 nitrogen and oxygen atoms in total. The molecule has 0 fully saturated rings. The molecular formula is C7H6I2O3S. The molecule has 13 heavy (non-hydrogen) atoms. The van der Waals surface area contributed by atoms with E-state index in [1.54, 1.807) is 0 Å². The fraction of sp³-hybridized carbons (Fsp3) is 0.143. The molecule has 0 bridgehead atoms. The lowest BCUT2D eigenvalue weighted by Gasteiger charge is -2.04. The van der Waals surface area contributed by atoms with Gasteiger partial charge in [-0.2, -0.15) is 8.42 Å². The van der Waals surface area contributed by atoms with Crippen LogP contribution in [0.2, 0.25) is 0 Å². The molecule has 1 aromatic rings. The van der Waals surface area contributed by atoms with Gasteiger partial charge in [0.25, 0.3) is 10.1 Å². The smallest absolute Gasteiger partial charge is 0.282 e. The van der Waals surface area contributed by atoms with E-state index in [4.69, 9.17) is 4.55 Å². The van der Waals surface area contributed by atoms with Crippen molar-refractivity contribution in [3.63, 3.8) is 0 Å². The van der Waals surface area contributed by atoms with Crippen LogP contribution in [0, 0.1) is 14.1 Å². The number of benzene rings is 1. The zero-order valence-corrected chi connectivity index (χ0v) is 11.7. The number of halogens is 2. The lowest BCUT2D eigenvalue weighted by Crippen LogP contribution is -2.00. The van der Waals surface area contributed by atoms with E-state index in [9.17, 15) is 8.42 Å². The third kappa shape index (κ3) is 2.77. The van der Waals surface area contributed by atoms with Crippen molar-refractivity contribution in [2.24, 2.45) is 0 Å². The molecule has 0 aromatic heterocycles. The van der Waals surface area contributed by atoms with E-state index < -0.39 is 10.1 Å². The van der Waals surface area contributed by atoms with Crippen LogP contribution < -0.4 is 0 Å². The summed E-state index contributed by atoms with van der Waals surface area (Å²) in [4.78, 5) is -0.0492. The Morgan fingerprint density at radius 1 is 1.23 bits per heavy atom. The van der Waals surface area contributed by atoms with E-state index >= 15 is 0 Å². The SMILES string of the molecule is Cc1c(I)cc(S(=O)(=O)O)cc1I. The molecule has 0 saturated heterocycles. The maximum Gasteiger partial charge on any atom is 0.294 e. The maximum absolute atomic E-state index is 10.8. The molecule has 0 aliphatic heterocycles. The lowest BCUT2D eigenvalue weighted by atomic mass is 10.2. The van der Waals surface area contributed by atoms with E-state index in [0.717, 1.165) is 12.7 Å². The second-order valence-corrected chi connectivity index (χ2v) is 6.23. The molecule has 0 spiro atoms. The summed E-state index contributed by atoms with van der Waals surface area (Å²) in [5.41, 5.74) is 1.02. The van der Waals surface area contributed by atoms with Gasteiger partial charge in [0.05, 0.1) is 4.90 Å². The van der Waals surface area contributed by atoms with Crippen molar-refractivity contribution in [3.05, 3.63) is 24.8 Å². The molecule has 1 N–H and O–H groups in total. The summed E-state index contributed by atoms with van der Waals surface area (Å²) in [6, 6.07) is 2.90. The third-order valence-electron chi connectivity index (χ3n) is 1.55. The number of hydrogen-bond donors (Lipinski definition) is 1. The van der Waals surface area contributed by atoms with Crippen molar-refractivity contribution in [1.82, 2.24) is 0 Å². The Hall–Kier alpha value is 0.590. The summed E-state index contributed by atoms with van der Waals surface area (Å²) in [6.07, 6.45) is 0. The molecule has 1 aromatic carbocycles. The Morgan fingerprint density at radius 3 is 1.92 bits per heavy atom. The van der Waals surface area contributed by atoms with E-state index in [-0.39, 0.29) is 4.90 Å². The van der Waals surface area contributed by atoms with Gasteiger partial charge in [0.1, 0.15) is 0 Å². The quantitative estimate of drug-likeness (QED) is 0.557. The van der Waals surface area contributed by atoms with Gasteiger partial charge >= 0.3 is 0 Å². The molecule has 0 heterocycles. The van der Waals surface area contributed by atoms with Gasteiger partial charge in [-0.1, -0.05) is 0 Å². The summed E-state index contributed by atoms with van der Waals surface area (Å²) >= 11 is 4.07. The molecule has 0 amide bonds. The van der Waals surface area contributed by atoms with E-state index in [0.29, 0.717) is 0 Å². The van der Waals surface area contributed by atoms with Crippen LogP contribution >= 0.6 is 45.2 Å². The third-order valence-corrected chi connectivity index (χ3v) is 4.62. The first-order valence-corrected chi connectivity index (χ1v) is 6.85. The van der Waals surface area contributed by atoms with Crippen molar-refractivity contribution in [1.29, 1.82) is 0 Å². The van der Waals surface area contributed by atoms with Crippen LogP contribution in [0.5, 0.6) is 0 Å². The van der Waals surface area contributed by atoms with Crippen LogP contribution in [-0.2, 0) is 10.1 Å². The van der Waals surface area contributed by atoms with Crippen molar-refractivity contribution >= 4 is 55.3 Å². The van der Waals surface area contributed by atoms with E-state index in [2.05, 4.69) is 0 Å². The van der Waals surface area contributed by atoms with Crippen LogP contribution in [0.1, 0.15) is 5.56 Å². The predicted molar refractivity (Wildman–Crippen MR) is 66.4 cm³/mol. The molecule has 0 saturated carbocycles. The normalized spacial score (nSPS) is 11.7. The maximum atomic E-state index is 10.8. The summed E-state index contributed by atoms with van der Waals surface area (Å²) in [5, 5.41) is 0. The molecule has 1 rings (SSSR count). The van der Waals surface area contributed by atoms with E-state index in [1.165, 1.54) is 12.1 Å². The van der Waals surface area contributed by atoms with Gasteiger partial charge in [-0.05, 0) is 69.8 Å². The van der Waals surface area contributed by atoms with Gasteiger partial charge in [0.2, 0.25) is 0 Å². The van der Waals surface area contributed by atoms with Gasteiger partial charge in [0, 0.05) is 7.14 Å². The first kappa shape index (κ1) is 11.7. The highest BCUT2D eigenvalue weighted by Gasteiger charge is 2.12. The summed E-state index contributed by atoms with van der Waals surface area (Å²) in [7, 11) is -4.07. The Bertz CT molecular complexity index is 416. The van der Waals surface area contributed by atoms with E-state index in [1.807, 2.05) is 52.1 Å². The standard InChI is InChI=1S/C7H6I2O3S/c1-4-6(8)2-5(3-7(4)9)13(10,11)12/h2-3H,1H3,(H,10,11,12). The van der Waals surface area contributed by atoms with Crippen molar-refractivity contribution in [2.75, 3.05) is 0 Å². The lowest BCUT2D eigenvalue weighted by molar-refractivity contribution is 0.483. The Balaban J connectivity index is 3.47. The van der Waals surface area contributed by atoms with Crippen molar-refractivity contribution in [3.8, 4) is 0 Å². The number of hydrogen-bond acceptors (Lipinski definition) is 2. The highest BCUT2D eigenvalue weighted by atomic mass is 127. The second-order valence-electron chi connectivity index (χ2n) is 2.49. The zero-order valence-electron chi connectivity index (χ0n) is 6.58. The molecule has 0 atom stereocenters. The predicted octanol–water partition coefficient (Wildman–Crippen LogP) is 2.45. The zero-order chi connectivity index (χ0) is 10.2. The molecule has 0 radical (unpaired) electrons. The fourth-order valence-corrected chi connectivity index (χ4v) is 3.50. The minimum atomic E-state index is -4.07. The Kier molecular flexibility index (Phi) is 3.58. The first-order chi connectivity index (χ1) is 5.82. The minimum absolute atomic E-state index is 0.0492. The molecule has 72 valence electrons. The average Bonchev–Trinajstić information content (AvgIpc) is 1.97. The van der Waals surface area contributed by atoms with Crippen LogP contribution in [0.3, 0.4) is 0 Å². The summed E-state index contributed by atoms with van der Waals surface area (Å²) < 4.78 is 32.1. The van der Waals surface area contributed by atoms with Crippen LogP contribution in [0.25, 0.3) is 0 Å². The second kappa shape index (κ2) is 3.99. The molecule has 0 aliphatic carbocycles. The molecule has 0 unspecified atom stereocenters. The highest BCUT2D eigenvalue weighted by molar-refractivity contribution is 14.1. The fourth-order valence-electron chi connectivity index (χ4n) is 0.771. The average molecular weight is 424 g/mol. The first-order valence-electron chi connectivity index (χ1n) is 3.25. The van der Waals surface area contributed by atoms with Crippen LogP contribution in [-0.4, -0.2) is 13.0 Å². The van der Waals surface area contributed by atoms with Gasteiger partial charge in [0.15, 0.2) is 0 Å². The Labute approximate surface area is 104 Å². The van der Waals surface area contributed by atoms with Crippen LogP contribution in [0.4, 0.5) is 0 Å².